The van der Waals surface area contributed by atoms with Gasteiger partial charge in [-0.3, -0.25) is 4.79 Å². The van der Waals surface area contributed by atoms with Crippen molar-refractivity contribution in [1.82, 2.24) is 5.32 Å². The molecule has 1 amide bonds. The highest BCUT2D eigenvalue weighted by Crippen LogP contribution is 2.26. The smallest absolute Gasteiger partial charge is 0.220 e. The Morgan fingerprint density at radius 1 is 1.23 bits per heavy atom. The van der Waals surface area contributed by atoms with Gasteiger partial charge in [0.05, 0.1) is 18.8 Å². The number of hydrogen-bond donors (Lipinski definition) is 1. The molecule has 0 aromatic heterocycles. The summed E-state index contributed by atoms with van der Waals surface area (Å²) < 4.78 is 24.0. The Bertz CT molecular complexity index is 505. The number of carbonyl (C=O) groups excluding carboxylic acids is 1. The predicted octanol–water partition coefficient (Wildman–Crippen LogP) is 2.21. The van der Waals surface area contributed by atoms with Crippen molar-refractivity contribution in [2.75, 3.05) is 13.2 Å². The second-order valence-corrected chi connectivity index (χ2v) is 6.00. The highest BCUT2D eigenvalue weighted by Gasteiger charge is 2.42. The predicted molar refractivity (Wildman–Crippen MR) is 80.0 cm³/mol. The molecule has 0 spiro atoms. The molecule has 2 fully saturated rings. The van der Waals surface area contributed by atoms with E-state index in [9.17, 15) is 9.18 Å². The number of rotatable bonds is 6. The van der Waals surface area contributed by atoms with Crippen LogP contribution >= 0.6 is 0 Å². The third-order valence-corrected chi connectivity index (χ3v) is 4.34. The maximum atomic E-state index is 12.8. The van der Waals surface area contributed by atoms with E-state index in [0.717, 1.165) is 37.9 Å². The highest BCUT2D eigenvalue weighted by molar-refractivity contribution is 5.76. The Balaban J connectivity index is 1.33. The van der Waals surface area contributed by atoms with Crippen LogP contribution in [0.15, 0.2) is 24.3 Å². The van der Waals surface area contributed by atoms with E-state index in [1.165, 1.54) is 12.1 Å². The summed E-state index contributed by atoms with van der Waals surface area (Å²) in [5.41, 5.74) is 1.10. The first kappa shape index (κ1) is 15.4. The Hall–Kier alpha value is -1.46. The maximum Gasteiger partial charge on any atom is 0.220 e. The van der Waals surface area contributed by atoms with Crippen LogP contribution < -0.4 is 5.32 Å². The van der Waals surface area contributed by atoms with Crippen LogP contribution in [0.25, 0.3) is 0 Å². The fraction of sp³-hybridized carbons (Fsp3) is 0.588. The Morgan fingerprint density at radius 3 is 2.86 bits per heavy atom. The Labute approximate surface area is 130 Å². The topological polar surface area (TPSA) is 47.6 Å². The van der Waals surface area contributed by atoms with Crippen molar-refractivity contribution < 1.29 is 18.7 Å². The molecule has 3 rings (SSSR count). The van der Waals surface area contributed by atoms with Gasteiger partial charge in [-0.05, 0) is 43.4 Å². The summed E-state index contributed by atoms with van der Waals surface area (Å²) >= 11 is 0. The van der Waals surface area contributed by atoms with Crippen molar-refractivity contribution in [2.45, 2.75) is 50.4 Å². The molecular formula is C17H22FNO3. The number of aryl methyl sites for hydroxylation is 1. The lowest BCUT2D eigenvalue weighted by atomic mass is 10.1. The number of nitrogens with one attached hydrogen (secondary N) is 1. The van der Waals surface area contributed by atoms with E-state index in [1.54, 1.807) is 12.1 Å². The zero-order valence-electron chi connectivity index (χ0n) is 12.6. The van der Waals surface area contributed by atoms with Crippen molar-refractivity contribution >= 4 is 5.91 Å². The summed E-state index contributed by atoms with van der Waals surface area (Å²) in [6, 6.07) is 6.53. The fourth-order valence-corrected chi connectivity index (χ4v) is 3.14. The van der Waals surface area contributed by atoms with Crippen LogP contribution in [-0.4, -0.2) is 37.4 Å². The lowest BCUT2D eigenvalue weighted by Crippen LogP contribution is -2.43. The molecule has 2 aliphatic heterocycles. The van der Waals surface area contributed by atoms with Crippen molar-refractivity contribution in [3.05, 3.63) is 35.6 Å². The largest absolute Gasteiger partial charge is 0.373 e. The summed E-state index contributed by atoms with van der Waals surface area (Å²) in [5.74, 6) is -0.154. The number of halogens is 1. The molecule has 2 saturated heterocycles. The standard InChI is InChI=1S/C17H22FNO3/c18-13-7-5-12(6-8-13)3-1-2-4-16(20)19-14-11-22-15-9-10-21-17(14)15/h5-8,14-15,17H,1-4,9-11H2,(H,19,20)/t14-,15+,17+/m0/s1. The minimum absolute atomic E-state index is 0.00269. The Morgan fingerprint density at radius 2 is 2.05 bits per heavy atom. The number of hydrogen-bond acceptors (Lipinski definition) is 3. The summed E-state index contributed by atoms with van der Waals surface area (Å²) in [6.07, 6.45) is 4.23. The van der Waals surface area contributed by atoms with Crippen LogP contribution in [-0.2, 0) is 20.7 Å². The van der Waals surface area contributed by atoms with Crippen LogP contribution in [0.2, 0.25) is 0 Å². The van der Waals surface area contributed by atoms with Crippen LogP contribution in [0.3, 0.4) is 0 Å². The zero-order valence-corrected chi connectivity index (χ0v) is 12.6. The molecule has 1 N–H and O–H groups in total. The molecular weight excluding hydrogens is 285 g/mol. The molecule has 3 atom stereocenters. The number of unbranched alkanes of at least 4 members (excludes halogenated alkanes) is 1. The molecule has 0 bridgehead atoms. The monoisotopic (exact) mass is 307 g/mol. The van der Waals surface area contributed by atoms with E-state index in [1.807, 2.05) is 0 Å². The van der Waals surface area contributed by atoms with E-state index in [4.69, 9.17) is 9.47 Å². The molecule has 2 heterocycles. The second kappa shape index (κ2) is 7.20. The fourth-order valence-electron chi connectivity index (χ4n) is 3.14. The van der Waals surface area contributed by atoms with Gasteiger partial charge in [0.15, 0.2) is 0 Å². The summed E-state index contributed by atoms with van der Waals surface area (Å²) in [5, 5.41) is 3.02. The van der Waals surface area contributed by atoms with Crippen LogP contribution in [0.1, 0.15) is 31.2 Å². The lowest BCUT2D eigenvalue weighted by Gasteiger charge is -2.17. The van der Waals surface area contributed by atoms with Gasteiger partial charge in [0.25, 0.3) is 0 Å². The van der Waals surface area contributed by atoms with Gasteiger partial charge in [0, 0.05) is 13.0 Å². The molecule has 0 unspecified atom stereocenters. The van der Waals surface area contributed by atoms with E-state index >= 15 is 0 Å². The van der Waals surface area contributed by atoms with Crippen LogP contribution in [0, 0.1) is 5.82 Å². The third kappa shape index (κ3) is 3.84. The molecule has 0 radical (unpaired) electrons. The zero-order chi connectivity index (χ0) is 15.4. The van der Waals surface area contributed by atoms with Crippen molar-refractivity contribution in [1.29, 1.82) is 0 Å². The third-order valence-electron chi connectivity index (χ3n) is 4.34. The van der Waals surface area contributed by atoms with Crippen molar-refractivity contribution in [3.63, 3.8) is 0 Å². The second-order valence-electron chi connectivity index (χ2n) is 6.00. The number of fused-ring (bicyclic) bond motifs is 1. The molecule has 4 nitrogen and oxygen atoms in total. The molecule has 0 aliphatic carbocycles. The minimum Gasteiger partial charge on any atom is -0.373 e. The Kier molecular flexibility index (Phi) is 5.05. The average molecular weight is 307 g/mol. The van der Waals surface area contributed by atoms with Gasteiger partial charge in [-0.2, -0.15) is 0 Å². The highest BCUT2D eigenvalue weighted by atomic mass is 19.1. The van der Waals surface area contributed by atoms with E-state index in [-0.39, 0.29) is 30.0 Å². The maximum absolute atomic E-state index is 12.8. The SMILES string of the molecule is O=C(CCCCc1ccc(F)cc1)N[C@H]1CO[C@@H]2CCO[C@H]12. The molecule has 5 heteroatoms. The van der Waals surface area contributed by atoms with Gasteiger partial charge in [-0.1, -0.05) is 12.1 Å². The first-order valence-electron chi connectivity index (χ1n) is 7.99. The van der Waals surface area contributed by atoms with E-state index in [0.29, 0.717) is 13.0 Å². The van der Waals surface area contributed by atoms with Crippen LogP contribution in [0.5, 0.6) is 0 Å². The van der Waals surface area contributed by atoms with Gasteiger partial charge < -0.3 is 14.8 Å². The van der Waals surface area contributed by atoms with Gasteiger partial charge in [-0.15, -0.1) is 0 Å². The van der Waals surface area contributed by atoms with Crippen molar-refractivity contribution in [3.8, 4) is 0 Å². The van der Waals surface area contributed by atoms with Gasteiger partial charge >= 0.3 is 0 Å². The number of benzene rings is 1. The molecule has 120 valence electrons. The van der Waals surface area contributed by atoms with Crippen molar-refractivity contribution in [2.24, 2.45) is 0 Å². The minimum atomic E-state index is -0.214. The normalized spacial score (nSPS) is 26.9. The first-order valence-corrected chi connectivity index (χ1v) is 7.99. The molecule has 1 aromatic carbocycles. The summed E-state index contributed by atoms with van der Waals surface area (Å²) in [6.45, 7) is 1.27. The van der Waals surface area contributed by atoms with Crippen LogP contribution in [0.4, 0.5) is 4.39 Å². The number of amides is 1. The number of carbonyl (C=O) groups is 1. The number of ether oxygens (including phenoxy) is 2. The van der Waals surface area contributed by atoms with Gasteiger partial charge in [-0.25, -0.2) is 4.39 Å². The first-order chi connectivity index (χ1) is 10.7. The average Bonchev–Trinajstić information content (AvgIpc) is 3.11. The quantitative estimate of drug-likeness (QED) is 0.820. The van der Waals surface area contributed by atoms with E-state index in [2.05, 4.69) is 5.32 Å². The molecule has 1 aromatic rings. The summed E-state index contributed by atoms with van der Waals surface area (Å²) in [4.78, 5) is 12.0. The van der Waals surface area contributed by atoms with E-state index < -0.39 is 0 Å². The molecule has 2 aliphatic rings. The molecule has 22 heavy (non-hydrogen) atoms. The summed E-state index contributed by atoms with van der Waals surface area (Å²) in [7, 11) is 0. The van der Waals surface area contributed by atoms with Gasteiger partial charge in [0.1, 0.15) is 11.9 Å². The van der Waals surface area contributed by atoms with Gasteiger partial charge in [0.2, 0.25) is 5.91 Å². The molecule has 0 saturated carbocycles. The lowest BCUT2D eigenvalue weighted by molar-refractivity contribution is -0.122.